The average molecular weight is 580 g/mol. The highest BCUT2D eigenvalue weighted by molar-refractivity contribution is 8.04. The lowest BCUT2D eigenvalue weighted by atomic mass is 10.0. The van der Waals surface area contributed by atoms with E-state index in [9.17, 15) is 27.6 Å². The summed E-state index contributed by atoms with van der Waals surface area (Å²) in [6, 6.07) is 9.92. The van der Waals surface area contributed by atoms with E-state index in [1.54, 1.807) is 36.5 Å². The van der Waals surface area contributed by atoms with E-state index in [0.29, 0.717) is 0 Å². The first-order valence-corrected chi connectivity index (χ1v) is 14.6. The molecular weight excluding hydrogens is 550 g/mol. The standard InChI is InChI=1S/C28H29N5O7S/c1-17(2)14-22(31-28(37)40-19-8-9-20-18(15-19)6-5-12-29-20)26(35)32-13-10-23-25(32)24(34)16-33(23)41(38,39)27(36)21-7-3-4-11-30-21/h3-9,11-12,15,17,22-23,25H,10,13-14,16H2,1-2H3,(H,31,37). The minimum atomic E-state index is -4.56. The molecule has 1 N–H and O–H groups in total. The number of carbonyl (C=O) groups is 4. The SMILES string of the molecule is CC(C)CC(NC(=O)Oc1ccc2ncccc2c1)C(=O)N1CCC2C1C(=O)CN2S(=O)(=O)C(=O)c1ccccn1. The lowest BCUT2D eigenvalue weighted by molar-refractivity contribution is -0.138. The number of amides is 2. The number of nitrogens with one attached hydrogen (secondary N) is 1. The Balaban J connectivity index is 1.31. The minimum Gasteiger partial charge on any atom is -0.410 e. The number of likely N-dealkylation sites (tertiary alicyclic amines) is 1. The van der Waals surface area contributed by atoms with Gasteiger partial charge in [0.2, 0.25) is 5.91 Å². The number of aromatic nitrogens is 2. The zero-order valence-corrected chi connectivity index (χ0v) is 23.3. The molecule has 41 heavy (non-hydrogen) atoms. The summed E-state index contributed by atoms with van der Waals surface area (Å²) < 4.78 is 32.7. The molecule has 0 spiro atoms. The molecule has 2 amide bonds. The van der Waals surface area contributed by atoms with E-state index < -0.39 is 57.6 Å². The third kappa shape index (κ3) is 5.68. The number of fused-ring (bicyclic) bond motifs is 2. The molecule has 0 saturated carbocycles. The maximum atomic E-state index is 13.7. The Hall–Kier alpha value is -4.23. The van der Waals surface area contributed by atoms with Crippen LogP contribution in [0.3, 0.4) is 0 Å². The van der Waals surface area contributed by atoms with E-state index >= 15 is 0 Å². The number of benzene rings is 1. The van der Waals surface area contributed by atoms with Gasteiger partial charge in [-0.1, -0.05) is 26.0 Å². The maximum Gasteiger partial charge on any atom is 0.413 e. The highest BCUT2D eigenvalue weighted by atomic mass is 32.2. The lowest BCUT2D eigenvalue weighted by Gasteiger charge is -2.28. The molecule has 0 radical (unpaired) electrons. The van der Waals surface area contributed by atoms with Crippen LogP contribution in [0, 0.1) is 5.92 Å². The smallest absolute Gasteiger partial charge is 0.410 e. The summed E-state index contributed by atoms with van der Waals surface area (Å²) in [5.74, 6) is -0.741. The third-order valence-electron chi connectivity index (χ3n) is 7.16. The van der Waals surface area contributed by atoms with E-state index in [2.05, 4.69) is 15.3 Å². The summed E-state index contributed by atoms with van der Waals surface area (Å²) in [5, 5.41) is 2.19. The number of ketones is 1. The molecule has 3 aromatic rings. The van der Waals surface area contributed by atoms with Crippen molar-refractivity contribution in [2.75, 3.05) is 13.1 Å². The van der Waals surface area contributed by atoms with Crippen LogP contribution >= 0.6 is 0 Å². The van der Waals surface area contributed by atoms with E-state index in [0.717, 1.165) is 15.2 Å². The van der Waals surface area contributed by atoms with Gasteiger partial charge < -0.3 is 15.0 Å². The van der Waals surface area contributed by atoms with Crippen molar-refractivity contribution in [3.05, 3.63) is 66.6 Å². The summed E-state index contributed by atoms with van der Waals surface area (Å²) in [5.41, 5.74) is 0.479. The topological polar surface area (TPSA) is 156 Å². The molecule has 214 valence electrons. The first kappa shape index (κ1) is 28.3. The van der Waals surface area contributed by atoms with Crippen molar-refractivity contribution in [2.24, 2.45) is 5.92 Å². The fourth-order valence-electron chi connectivity index (χ4n) is 5.35. The third-order valence-corrected chi connectivity index (χ3v) is 8.85. The van der Waals surface area contributed by atoms with Crippen LogP contribution in [0.5, 0.6) is 5.75 Å². The summed E-state index contributed by atoms with van der Waals surface area (Å²) >= 11 is 0. The number of pyridine rings is 2. The Labute approximate surface area is 236 Å². The molecule has 2 aliphatic heterocycles. The molecule has 0 aliphatic carbocycles. The van der Waals surface area contributed by atoms with Gasteiger partial charge in [-0.15, -0.1) is 0 Å². The summed E-state index contributed by atoms with van der Waals surface area (Å²) in [4.78, 5) is 61.7. The highest BCUT2D eigenvalue weighted by Gasteiger charge is 2.55. The average Bonchev–Trinajstić information content (AvgIpc) is 3.53. The van der Waals surface area contributed by atoms with E-state index in [4.69, 9.17) is 4.74 Å². The van der Waals surface area contributed by atoms with Crippen LogP contribution in [0.1, 0.15) is 37.2 Å². The number of hydrogen-bond acceptors (Lipinski definition) is 9. The number of ether oxygens (including phenoxy) is 1. The molecule has 4 heterocycles. The fraction of sp³-hybridized carbons (Fsp3) is 0.357. The Bertz CT molecular complexity index is 1610. The quantitative estimate of drug-likeness (QED) is 0.443. The predicted molar refractivity (Wildman–Crippen MR) is 147 cm³/mol. The van der Waals surface area contributed by atoms with Crippen LogP contribution in [0.15, 0.2) is 60.9 Å². The first-order valence-electron chi connectivity index (χ1n) is 13.2. The molecule has 12 nitrogen and oxygen atoms in total. The van der Waals surface area contributed by atoms with Gasteiger partial charge in [0.15, 0.2) is 5.78 Å². The Morgan fingerprint density at radius 2 is 1.85 bits per heavy atom. The van der Waals surface area contributed by atoms with Crippen LogP contribution in [-0.4, -0.2) is 81.7 Å². The number of hydrogen-bond donors (Lipinski definition) is 1. The zero-order chi connectivity index (χ0) is 29.3. The number of rotatable bonds is 7. The van der Waals surface area contributed by atoms with Gasteiger partial charge in [0.1, 0.15) is 23.5 Å². The molecule has 5 rings (SSSR count). The van der Waals surface area contributed by atoms with Crippen molar-refractivity contribution < 1.29 is 32.3 Å². The van der Waals surface area contributed by atoms with Crippen molar-refractivity contribution in [1.29, 1.82) is 0 Å². The van der Waals surface area contributed by atoms with Crippen LogP contribution in [-0.2, 0) is 19.6 Å². The number of carbonyl (C=O) groups excluding carboxylic acids is 4. The molecule has 3 atom stereocenters. The van der Waals surface area contributed by atoms with Gasteiger partial charge in [0.05, 0.1) is 18.1 Å². The summed E-state index contributed by atoms with van der Waals surface area (Å²) in [7, 11) is -4.56. The Morgan fingerprint density at radius 3 is 2.59 bits per heavy atom. The van der Waals surface area contributed by atoms with Gasteiger partial charge in [0, 0.05) is 24.3 Å². The summed E-state index contributed by atoms with van der Waals surface area (Å²) in [6.07, 6.45) is 2.55. The number of Topliss-reactive ketones (excluding diaryl/α,β-unsaturated/α-hetero) is 1. The largest absolute Gasteiger partial charge is 0.413 e. The van der Waals surface area contributed by atoms with Crippen molar-refractivity contribution in [3.8, 4) is 5.75 Å². The van der Waals surface area contributed by atoms with Crippen molar-refractivity contribution in [1.82, 2.24) is 24.5 Å². The van der Waals surface area contributed by atoms with Crippen LogP contribution < -0.4 is 10.1 Å². The molecular formula is C28H29N5O7S. The molecule has 3 unspecified atom stereocenters. The predicted octanol–water partition coefficient (Wildman–Crippen LogP) is 2.16. The molecule has 2 aromatic heterocycles. The second-order valence-electron chi connectivity index (χ2n) is 10.4. The van der Waals surface area contributed by atoms with Crippen molar-refractivity contribution >= 4 is 43.8 Å². The zero-order valence-electron chi connectivity index (χ0n) is 22.5. The lowest BCUT2D eigenvalue weighted by Crippen LogP contribution is -2.53. The number of nitrogens with zero attached hydrogens (tertiary/aromatic N) is 4. The van der Waals surface area contributed by atoms with Gasteiger partial charge >= 0.3 is 11.2 Å². The second-order valence-corrected chi connectivity index (χ2v) is 12.2. The molecule has 13 heteroatoms. The maximum absolute atomic E-state index is 13.7. The molecule has 1 aromatic carbocycles. The van der Waals surface area contributed by atoms with Gasteiger partial charge in [-0.3, -0.25) is 24.4 Å². The van der Waals surface area contributed by atoms with Crippen molar-refractivity contribution in [3.63, 3.8) is 0 Å². The molecule has 2 fully saturated rings. The molecule has 2 saturated heterocycles. The van der Waals surface area contributed by atoms with Gasteiger partial charge in [-0.2, -0.15) is 4.31 Å². The molecule has 0 bridgehead atoms. The van der Waals surface area contributed by atoms with Crippen LogP contribution in [0.4, 0.5) is 4.79 Å². The molecule has 2 aliphatic rings. The van der Waals surface area contributed by atoms with Crippen LogP contribution in [0.25, 0.3) is 10.9 Å². The highest BCUT2D eigenvalue weighted by Crippen LogP contribution is 2.33. The number of sulfonamides is 1. The van der Waals surface area contributed by atoms with Gasteiger partial charge in [0.25, 0.3) is 10.0 Å². The fourth-order valence-corrected chi connectivity index (χ4v) is 6.82. The van der Waals surface area contributed by atoms with Crippen molar-refractivity contribution in [2.45, 2.75) is 44.8 Å². The Morgan fingerprint density at radius 1 is 1.07 bits per heavy atom. The summed E-state index contributed by atoms with van der Waals surface area (Å²) in [6.45, 7) is 3.33. The van der Waals surface area contributed by atoms with Gasteiger partial charge in [-0.05, 0) is 55.2 Å². The monoisotopic (exact) mass is 579 g/mol. The first-order chi connectivity index (χ1) is 19.6. The normalized spacial score (nSPS) is 19.8. The van der Waals surface area contributed by atoms with E-state index in [1.165, 1.54) is 23.2 Å². The Kier molecular flexibility index (Phi) is 7.82. The van der Waals surface area contributed by atoms with E-state index in [-0.39, 0.29) is 36.7 Å². The minimum absolute atomic E-state index is 0.00143. The van der Waals surface area contributed by atoms with Crippen LogP contribution in [0.2, 0.25) is 0 Å². The van der Waals surface area contributed by atoms with Gasteiger partial charge in [-0.25, -0.2) is 13.2 Å². The van der Waals surface area contributed by atoms with E-state index in [1.807, 2.05) is 19.9 Å². The second kappa shape index (κ2) is 11.3.